The number of aryl methyl sites for hydroxylation is 2. The minimum atomic E-state index is -1.09. The number of aliphatic hydroxyl groups is 1. The number of rotatable bonds is 6. The van der Waals surface area contributed by atoms with Crippen LogP contribution in [0.2, 0.25) is 0 Å². The van der Waals surface area contributed by atoms with Crippen LogP contribution in [0.3, 0.4) is 0 Å². The van der Waals surface area contributed by atoms with Crippen LogP contribution in [0.5, 0.6) is 5.75 Å². The number of carbonyl (C=O) groups excluding carboxylic acids is 1. The Kier molecular flexibility index (Phi) is 5.56. The fourth-order valence-corrected chi connectivity index (χ4v) is 3.18. The smallest absolute Gasteiger partial charge is 0.224 e. The molecule has 1 fully saturated rings. The van der Waals surface area contributed by atoms with Gasteiger partial charge in [-0.1, -0.05) is 0 Å². The lowest BCUT2D eigenvalue weighted by atomic mass is 9.93. The quantitative estimate of drug-likeness (QED) is 0.856. The normalized spacial score (nSPS) is 20.2. The number of likely N-dealkylation sites (tertiary alicyclic amines) is 1. The van der Waals surface area contributed by atoms with Crippen LogP contribution >= 0.6 is 0 Å². The molecule has 0 aliphatic carbocycles. The Morgan fingerprint density at radius 1 is 1.35 bits per heavy atom. The zero-order chi connectivity index (χ0) is 18.6. The lowest BCUT2D eigenvalue weighted by molar-refractivity contribution is -0.140. The lowest BCUT2D eigenvalue weighted by Gasteiger charge is -2.39. The first-order valence-corrected chi connectivity index (χ1v) is 8.82. The molecule has 1 aromatic heterocycles. The van der Waals surface area contributed by atoms with E-state index in [1.807, 2.05) is 13.0 Å². The van der Waals surface area contributed by atoms with E-state index in [-0.39, 0.29) is 24.9 Å². The first-order valence-electron chi connectivity index (χ1n) is 8.82. The van der Waals surface area contributed by atoms with Crippen molar-refractivity contribution in [2.24, 2.45) is 0 Å². The van der Waals surface area contributed by atoms with Gasteiger partial charge in [0.25, 0.3) is 0 Å². The number of β-amino-alcohol motifs (C(OH)–C–C–N with tert-alkyl or cyclic N) is 1. The Morgan fingerprint density at radius 2 is 2.12 bits per heavy atom. The Bertz CT molecular complexity index is 747. The van der Waals surface area contributed by atoms with Gasteiger partial charge in [0, 0.05) is 31.4 Å². The molecule has 0 radical (unpaired) electrons. The van der Waals surface area contributed by atoms with Crippen molar-refractivity contribution in [1.29, 1.82) is 0 Å². The Balaban J connectivity index is 1.52. The third-order valence-electron chi connectivity index (χ3n) is 4.70. The standard InChI is InChI=1S/C19H24FN3O3/c1-15-7-10-21-23(15)12-8-18(24)22-11-2-9-19(25,13-22)14-26-17-5-3-16(20)4-6-17/h3-7,10,25H,2,8-9,11-14H2,1H3. The summed E-state index contributed by atoms with van der Waals surface area (Å²) < 4.78 is 20.3. The molecule has 1 aliphatic rings. The summed E-state index contributed by atoms with van der Waals surface area (Å²) in [6.07, 6.45) is 3.34. The molecule has 0 bridgehead atoms. The maximum atomic E-state index is 12.9. The molecule has 6 nitrogen and oxygen atoms in total. The van der Waals surface area contributed by atoms with Gasteiger partial charge in [-0.3, -0.25) is 9.48 Å². The molecule has 26 heavy (non-hydrogen) atoms. The van der Waals surface area contributed by atoms with E-state index < -0.39 is 5.60 Å². The second-order valence-corrected chi connectivity index (χ2v) is 6.83. The van der Waals surface area contributed by atoms with E-state index in [4.69, 9.17) is 4.74 Å². The van der Waals surface area contributed by atoms with Crippen LogP contribution in [0, 0.1) is 12.7 Å². The minimum Gasteiger partial charge on any atom is -0.491 e. The maximum absolute atomic E-state index is 12.9. The molecule has 1 saturated heterocycles. The van der Waals surface area contributed by atoms with Crippen LogP contribution in [-0.2, 0) is 11.3 Å². The van der Waals surface area contributed by atoms with E-state index in [0.717, 1.165) is 12.1 Å². The van der Waals surface area contributed by atoms with E-state index in [2.05, 4.69) is 5.10 Å². The molecule has 1 aliphatic heterocycles. The van der Waals surface area contributed by atoms with Crippen molar-refractivity contribution in [2.75, 3.05) is 19.7 Å². The molecule has 2 aromatic rings. The van der Waals surface area contributed by atoms with Gasteiger partial charge in [-0.05, 0) is 50.1 Å². The summed E-state index contributed by atoms with van der Waals surface area (Å²) in [5, 5.41) is 15.0. The highest BCUT2D eigenvalue weighted by atomic mass is 19.1. The Hall–Kier alpha value is -2.41. The van der Waals surface area contributed by atoms with Gasteiger partial charge in [0.1, 0.15) is 23.8 Å². The van der Waals surface area contributed by atoms with Gasteiger partial charge in [0.15, 0.2) is 0 Å². The number of hydrogen-bond acceptors (Lipinski definition) is 4. The molecule has 0 spiro atoms. The topological polar surface area (TPSA) is 67.6 Å². The molecule has 0 saturated carbocycles. The predicted octanol–water partition coefficient (Wildman–Crippen LogP) is 2.15. The predicted molar refractivity (Wildman–Crippen MR) is 94.2 cm³/mol. The number of amides is 1. The number of piperidine rings is 1. The van der Waals surface area contributed by atoms with Gasteiger partial charge in [-0.2, -0.15) is 5.10 Å². The van der Waals surface area contributed by atoms with E-state index in [0.29, 0.717) is 31.7 Å². The summed E-state index contributed by atoms with van der Waals surface area (Å²) in [7, 11) is 0. The van der Waals surface area contributed by atoms with Crippen LogP contribution in [-0.4, -0.2) is 51.0 Å². The van der Waals surface area contributed by atoms with E-state index in [1.54, 1.807) is 15.8 Å². The third-order valence-corrected chi connectivity index (χ3v) is 4.70. The minimum absolute atomic E-state index is 0.000179. The van der Waals surface area contributed by atoms with E-state index in [1.165, 1.54) is 24.3 Å². The number of halogens is 1. The van der Waals surface area contributed by atoms with Crippen LogP contribution in [0.15, 0.2) is 36.5 Å². The largest absolute Gasteiger partial charge is 0.491 e. The van der Waals surface area contributed by atoms with Crippen molar-refractivity contribution < 1.29 is 19.0 Å². The molecule has 1 unspecified atom stereocenters. The molecule has 1 amide bonds. The molecule has 2 heterocycles. The average molecular weight is 361 g/mol. The van der Waals surface area contributed by atoms with E-state index in [9.17, 15) is 14.3 Å². The van der Waals surface area contributed by atoms with Gasteiger partial charge in [-0.25, -0.2) is 4.39 Å². The van der Waals surface area contributed by atoms with Crippen LogP contribution < -0.4 is 4.74 Å². The fraction of sp³-hybridized carbons (Fsp3) is 0.474. The van der Waals surface area contributed by atoms with Crippen molar-refractivity contribution in [3.05, 3.63) is 48.0 Å². The highest BCUT2D eigenvalue weighted by molar-refractivity contribution is 5.76. The Labute approximate surface area is 152 Å². The first-order chi connectivity index (χ1) is 12.5. The van der Waals surface area contributed by atoms with Gasteiger partial charge >= 0.3 is 0 Å². The molecule has 1 N–H and O–H groups in total. The zero-order valence-corrected chi connectivity index (χ0v) is 14.9. The Morgan fingerprint density at radius 3 is 2.81 bits per heavy atom. The summed E-state index contributed by atoms with van der Waals surface area (Å²) in [6, 6.07) is 7.57. The molecule has 1 aromatic carbocycles. The number of nitrogens with zero attached hydrogens (tertiary/aromatic N) is 3. The van der Waals surface area contributed by atoms with Crippen LogP contribution in [0.25, 0.3) is 0 Å². The van der Waals surface area contributed by atoms with Gasteiger partial charge in [0.05, 0.1) is 6.54 Å². The highest BCUT2D eigenvalue weighted by Gasteiger charge is 2.36. The fourth-order valence-electron chi connectivity index (χ4n) is 3.18. The van der Waals surface area contributed by atoms with Crippen molar-refractivity contribution in [3.8, 4) is 5.75 Å². The second-order valence-electron chi connectivity index (χ2n) is 6.83. The van der Waals surface area contributed by atoms with Crippen LogP contribution in [0.1, 0.15) is 25.0 Å². The van der Waals surface area contributed by atoms with Gasteiger partial charge < -0.3 is 14.7 Å². The molecule has 3 rings (SSSR count). The van der Waals surface area contributed by atoms with Crippen molar-refractivity contribution in [3.63, 3.8) is 0 Å². The van der Waals surface area contributed by atoms with Crippen molar-refractivity contribution in [2.45, 2.75) is 38.3 Å². The van der Waals surface area contributed by atoms with Gasteiger partial charge in [-0.15, -0.1) is 0 Å². The van der Waals surface area contributed by atoms with Crippen molar-refractivity contribution >= 4 is 5.91 Å². The lowest BCUT2D eigenvalue weighted by Crippen LogP contribution is -2.53. The number of hydrogen-bond donors (Lipinski definition) is 1. The highest BCUT2D eigenvalue weighted by Crippen LogP contribution is 2.23. The van der Waals surface area contributed by atoms with Crippen LogP contribution in [0.4, 0.5) is 4.39 Å². The second kappa shape index (κ2) is 7.86. The van der Waals surface area contributed by atoms with Crippen molar-refractivity contribution in [1.82, 2.24) is 14.7 Å². The monoisotopic (exact) mass is 361 g/mol. The summed E-state index contributed by atoms with van der Waals surface area (Å²) >= 11 is 0. The summed E-state index contributed by atoms with van der Waals surface area (Å²) in [4.78, 5) is 14.2. The number of aromatic nitrogens is 2. The average Bonchev–Trinajstić information content (AvgIpc) is 3.04. The molecular weight excluding hydrogens is 337 g/mol. The van der Waals surface area contributed by atoms with Gasteiger partial charge in [0.2, 0.25) is 5.91 Å². The summed E-state index contributed by atoms with van der Waals surface area (Å²) in [5.74, 6) is 0.162. The third kappa shape index (κ3) is 4.60. The number of benzene rings is 1. The van der Waals surface area contributed by atoms with E-state index >= 15 is 0 Å². The first kappa shape index (κ1) is 18.4. The SMILES string of the molecule is Cc1ccnn1CCC(=O)N1CCCC(O)(COc2ccc(F)cc2)C1. The number of ether oxygens (including phenoxy) is 1. The molecule has 7 heteroatoms. The zero-order valence-electron chi connectivity index (χ0n) is 14.9. The molecular formula is C19H24FN3O3. The molecule has 140 valence electrons. The summed E-state index contributed by atoms with van der Waals surface area (Å²) in [6.45, 7) is 3.42. The summed E-state index contributed by atoms with van der Waals surface area (Å²) in [5.41, 5.74) is -0.0789. The maximum Gasteiger partial charge on any atom is 0.224 e. The number of carbonyl (C=O) groups is 1. The molecule has 1 atom stereocenters.